The van der Waals surface area contributed by atoms with Crippen molar-refractivity contribution < 1.29 is 5.11 Å². The van der Waals surface area contributed by atoms with Gasteiger partial charge in [-0.3, -0.25) is 9.98 Å². The molecule has 0 saturated heterocycles. The van der Waals surface area contributed by atoms with E-state index in [1.807, 2.05) is 18.5 Å². The molecule has 1 heterocycles. The molecule has 0 amide bonds. The van der Waals surface area contributed by atoms with E-state index in [9.17, 15) is 5.11 Å². The van der Waals surface area contributed by atoms with E-state index in [2.05, 4.69) is 50.8 Å². The molecule has 0 fully saturated rings. The van der Waals surface area contributed by atoms with Crippen molar-refractivity contribution in [2.24, 2.45) is 9.98 Å². The number of phenols is 1. The summed E-state index contributed by atoms with van der Waals surface area (Å²) in [5.74, 6) is 0.202. The van der Waals surface area contributed by atoms with Crippen molar-refractivity contribution in [3.05, 3.63) is 61.7 Å². The van der Waals surface area contributed by atoms with Crippen LogP contribution >= 0.6 is 34.2 Å². The highest BCUT2D eigenvalue weighted by atomic mass is 127. The van der Waals surface area contributed by atoms with E-state index in [0.29, 0.717) is 11.6 Å². The Balaban J connectivity index is 1.75. The van der Waals surface area contributed by atoms with Crippen LogP contribution < -0.4 is 0 Å². The minimum atomic E-state index is 0.0912. The smallest absolute Gasteiger partial charge is 0.134 e. The molecule has 1 unspecified atom stereocenters. The second kappa shape index (κ2) is 6.79. The van der Waals surface area contributed by atoms with E-state index in [1.165, 1.54) is 14.7 Å². The minimum Gasteiger partial charge on any atom is -0.506 e. The van der Waals surface area contributed by atoms with E-state index >= 15 is 0 Å². The highest BCUT2D eigenvalue weighted by Crippen LogP contribution is 2.26. The van der Waals surface area contributed by atoms with Crippen molar-refractivity contribution in [2.45, 2.75) is 19.0 Å². The molecule has 0 saturated carbocycles. The first-order valence-electron chi connectivity index (χ1n) is 6.89. The molecular weight excluding hydrogens is 411 g/mol. The van der Waals surface area contributed by atoms with Crippen LogP contribution in [0.15, 0.2) is 46.4 Å². The van der Waals surface area contributed by atoms with E-state index < -0.39 is 0 Å². The molecule has 22 heavy (non-hydrogen) atoms. The second-order valence-electron chi connectivity index (χ2n) is 5.13. The van der Waals surface area contributed by atoms with Crippen molar-refractivity contribution >= 4 is 46.6 Å². The molecule has 112 valence electrons. The molecule has 5 heteroatoms. The zero-order chi connectivity index (χ0) is 15.5. The Kier molecular flexibility index (Phi) is 4.78. The van der Waals surface area contributed by atoms with Crippen LogP contribution in [0.1, 0.15) is 22.6 Å². The number of halogens is 2. The third-order valence-electron chi connectivity index (χ3n) is 3.55. The summed E-state index contributed by atoms with van der Waals surface area (Å²) >= 11 is 8.12. The van der Waals surface area contributed by atoms with E-state index in [1.54, 1.807) is 12.1 Å². The van der Waals surface area contributed by atoms with Crippen molar-refractivity contribution in [1.82, 2.24) is 0 Å². The molecule has 0 bridgehead atoms. The molecule has 0 spiro atoms. The van der Waals surface area contributed by atoms with E-state index in [4.69, 9.17) is 11.6 Å². The summed E-state index contributed by atoms with van der Waals surface area (Å²) in [4.78, 5) is 8.90. The van der Waals surface area contributed by atoms with Gasteiger partial charge in [-0.25, -0.2) is 0 Å². The van der Waals surface area contributed by atoms with Gasteiger partial charge < -0.3 is 5.11 Å². The van der Waals surface area contributed by atoms with Gasteiger partial charge in [-0.15, -0.1) is 0 Å². The van der Waals surface area contributed by atoms with Gasteiger partial charge in [-0.2, -0.15) is 0 Å². The predicted octanol–water partition coefficient (Wildman–Crippen LogP) is 4.59. The molecule has 3 rings (SSSR count). The first-order chi connectivity index (χ1) is 10.6. The maximum absolute atomic E-state index is 9.60. The van der Waals surface area contributed by atoms with Gasteiger partial charge >= 0.3 is 0 Å². The Labute approximate surface area is 147 Å². The maximum Gasteiger partial charge on any atom is 0.134 e. The molecule has 3 nitrogen and oxygen atoms in total. The molecule has 1 N–H and O–H groups in total. The summed E-state index contributed by atoms with van der Waals surface area (Å²) in [6, 6.07) is 11.6. The zero-order valence-electron chi connectivity index (χ0n) is 11.7. The number of aromatic hydroxyl groups is 1. The minimum absolute atomic E-state index is 0.0912. The number of rotatable bonds is 3. The quantitative estimate of drug-likeness (QED) is 0.568. The maximum atomic E-state index is 9.60. The van der Waals surface area contributed by atoms with Gasteiger partial charge in [0.2, 0.25) is 0 Å². The Morgan fingerprint density at radius 3 is 3.00 bits per heavy atom. The molecule has 0 aliphatic carbocycles. The van der Waals surface area contributed by atoms with Gasteiger partial charge in [0.05, 0.1) is 24.0 Å². The Morgan fingerprint density at radius 2 is 2.18 bits per heavy atom. The monoisotopic (exact) mass is 424 g/mol. The molecule has 0 radical (unpaired) electrons. The average Bonchev–Trinajstić information content (AvgIpc) is 2.51. The summed E-state index contributed by atoms with van der Waals surface area (Å²) in [7, 11) is 0. The van der Waals surface area contributed by atoms with Crippen LogP contribution in [0.3, 0.4) is 0 Å². The Bertz CT molecular complexity index is 758. The van der Waals surface area contributed by atoms with Gasteiger partial charge in [-0.1, -0.05) is 23.7 Å². The van der Waals surface area contributed by atoms with Crippen LogP contribution in [0.4, 0.5) is 0 Å². The van der Waals surface area contributed by atoms with E-state index in [0.717, 1.165) is 12.1 Å². The van der Waals surface area contributed by atoms with Gasteiger partial charge in [0.15, 0.2) is 0 Å². The number of hydrogen-bond donors (Lipinski definition) is 1. The van der Waals surface area contributed by atoms with Crippen molar-refractivity contribution in [1.29, 1.82) is 0 Å². The third kappa shape index (κ3) is 3.50. The van der Waals surface area contributed by atoms with E-state index in [-0.39, 0.29) is 11.7 Å². The summed E-state index contributed by atoms with van der Waals surface area (Å²) in [5, 5.41) is 9.96. The Morgan fingerprint density at radius 1 is 1.32 bits per heavy atom. The SMILES string of the molecule is Oc1cc(CN=CC2C=NCc3ccc(I)cc32)ccc1Cl. The van der Waals surface area contributed by atoms with Crippen LogP contribution in [-0.2, 0) is 13.1 Å². The molecule has 1 atom stereocenters. The topological polar surface area (TPSA) is 45.0 Å². The second-order valence-corrected chi connectivity index (χ2v) is 6.79. The number of nitrogens with zero attached hydrogens (tertiary/aromatic N) is 2. The lowest BCUT2D eigenvalue weighted by Crippen LogP contribution is -2.10. The average molecular weight is 425 g/mol. The lowest BCUT2D eigenvalue weighted by atomic mass is 9.94. The summed E-state index contributed by atoms with van der Waals surface area (Å²) in [6.45, 7) is 1.25. The number of phenolic OH excluding ortho intramolecular Hbond substituents is 1. The molecule has 2 aromatic carbocycles. The van der Waals surface area contributed by atoms with Crippen LogP contribution in [0.25, 0.3) is 0 Å². The lowest BCUT2D eigenvalue weighted by molar-refractivity contribution is 0.475. The van der Waals surface area contributed by atoms with Crippen molar-refractivity contribution in [2.75, 3.05) is 0 Å². The normalized spacial score (nSPS) is 16.9. The number of hydrogen-bond acceptors (Lipinski definition) is 3. The van der Waals surface area contributed by atoms with Gasteiger partial charge in [0.25, 0.3) is 0 Å². The van der Waals surface area contributed by atoms with Crippen molar-refractivity contribution in [3.8, 4) is 5.75 Å². The highest BCUT2D eigenvalue weighted by Gasteiger charge is 2.15. The number of aliphatic imine (C=N–C) groups is 2. The van der Waals surface area contributed by atoms with Crippen molar-refractivity contribution in [3.63, 3.8) is 0 Å². The van der Waals surface area contributed by atoms with Gasteiger partial charge in [0, 0.05) is 16.0 Å². The van der Waals surface area contributed by atoms with Crippen LogP contribution in [0.2, 0.25) is 5.02 Å². The summed E-state index contributed by atoms with van der Waals surface area (Å²) in [5.41, 5.74) is 3.45. The highest BCUT2D eigenvalue weighted by molar-refractivity contribution is 14.1. The third-order valence-corrected chi connectivity index (χ3v) is 4.54. The van der Waals surface area contributed by atoms with Crippen LogP contribution in [0.5, 0.6) is 5.75 Å². The lowest BCUT2D eigenvalue weighted by Gasteiger charge is -2.17. The fourth-order valence-corrected chi connectivity index (χ4v) is 3.04. The molecule has 1 aliphatic rings. The largest absolute Gasteiger partial charge is 0.506 e. The summed E-state index contributed by atoms with van der Waals surface area (Å²) in [6.07, 6.45) is 3.87. The number of fused-ring (bicyclic) bond motifs is 1. The number of benzene rings is 2. The fourth-order valence-electron chi connectivity index (χ4n) is 2.41. The standard InChI is InChI=1S/C17H14ClIN2O/c18-16-4-1-11(5-17(16)22)7-20-9-13-10-21-8-12-2-3-14(19)6-15(12)13/h1-6,9-10,13,22H,7-8H2. The fraction of sp³-hybridized carbons (Fsp3) is 0.176. The molecule has 2 aromatic rings. The van der Waals surface area contributed by atoms with Crippen LogP contribution in [-0.4, -0.2) is 17.5 Å². The molecule has 0 aromatic heterocycles. The van der Waals surface area contributed by atoms with Gasteiger partial charge in [-0.05, 0) is 63.5 Å². The zero-order valence-corrected chi connectivity index (χ0v) is 14.6. The first-order valence-corrected chi connectivity index (χ1v) is 8.35. The molecular formula is C17H14ClIN2O. The predicted molar refractivity (Wildman–Crippen MR) is 99.4 cm³/mol. The van der Waals surface area contributed by atoms with Gasteiger partial charge in [0.1, 0.15) is 5.75 Å². The molecule has 1 aliphatic heterocycles. The first kappa shape index (κ1) is 15.5. The summed E-state index contributed by atoms with van der Waals surface area (Å²) < 4.78 is 1.22. The van der Waals surface area contributed by atoms with Crippen LogP contribution in [0, 0.1) is 3.57 Å². The Hall–Kier alpha value is -1.40.